The van der Waals surface area contributed by atoms with Crippen molar-refractivity contribution in [2.45, 2.75) is 44.2 Å². The van der Waals surface area contributed by atoms with Crippen molar-refractivity contribution in [3.05, 3.63) is 47.3 Å². The van der Waals surface area contributed by atoms with E-state index in [9.17, 15) is 9.90 Å². The molecule has 2 N–H and O–H groups in total. The monoisotopic (exact) mass is 395 g/mol. The summed E-state index contributed by atoms with van der Waals surface area (Å²) >= 11 is 0. The molecule has 1 aliphatic heterocycles. The molecule has 4 rings (SSSR count). The number of amides is 1. The highest BCUT2D eigenvalue weighted by atomic mass is 16.3. The zero-order valence-electron chi connectivity index (χ0n) is 17.1. The molecular weight excluding hydrogens is 366 g/mol. The van der Waals surface area contributed by atoms with Gasteiger partial charge in [-0.3, -0.25) is 4.79 Å². The third-order valence-electron chi connectivity index (χ3n) is 5.89. The van der Waals surface area contributed by atoms with E-state index in [0.29, 0.717) is 25.1 Å². The second kappa shape index (κ2) is 8.37. The molecule has 2 aliphatic rings. The van der Waals surface area contributed by atoms with Gasteiger partial charge in [0, 0.05) is 38.8 Å². The molecule has 7 heteroatoms. The highest BCUT2D eigenvalue weighted by Crippen LogP contribution is 2.26. The van der Waals surface area contributed by atoms with Crippen LogP contribution in [0, 0.1) is 0 Å². The van der Waals surface area contributed by atoms with E-state index in [-0.39, 0.29) is 11.9 Å². The fourth-order valence-corrected chi connectivity index (χ4v) is 4.29. The lowest BCUT2D eigenvalue weighted by atomic mass is 9.90. The summed E-state index contributed by atoms with van der Waals surface area (Å²) in [6.07, 6.45) is 6.31. The van der Waals surface area contributed by atoms with Crippen molar-refractivity contribution < 1.29 is 9.90 Å². The lowest BCUT2D eigenvalue weighted by Gasteiger charge is -2.26. The first-order chi connectivity index (χ1) is 14.0. The molecule has 0 radical (unpaired) electrons. The largest absolute Gasteiger partial charge is 0.391 e. The van der Waals surface area contributed by atoms with Crippen molar-refractivity contribution in [3.8, 4) is 0 Å². The van der Waals surface area contributed by atoms with Gasteiger partial charge in [-0.1, -0.05) is 6.07 Å². The van der Waals surface area contributed by atoms with Crippen LogP contribution in [0.25, 0.3) is 0 Å². The number of fused-ring (bicyclic) bond motifs is 1. The van der Waals surface area contributed by atoms with Gasteiger partial charge in [0.15, 0.2) is 0 Å². The zero-order valence-corrected chi connectivity index (χ0v) is 17.1. The molecule has 0 saturated carbocycles. The first kappa shape index (κ1) is 19.6. The Morgan fingerprint density at radius 1 is 1.21 bits per heavy atom. The molecule has 1 amide bonds. The zero-order chi connectivity index (χ0) is 20.4. The number of aromatic nitrogens is 2. The molecule has 2 atom stereocenters. The van der Waals surface area contributed by atoms with E-state index in [0.717, 1.165) is 24.5 Å². The van der Waals surface area contributed by atoms with Crippen LogP contribution in [-0.2, 0) is 12.8 Å². The van der Waals surface area contributed by atoms with Gasteiger partial charge in [-0.2, -0.15) is 0 Å². The minimum Gasteiger partial charge on any atom is -0.391 e. The molecule has 1 saturated heterocycles. The highest BCUT2D eigenvalue weighted by Gasteiger charge is 2.32. The topological polar surface area (TPSA) is 81.6 Å². The molecule has 2 aromatic rings. The maximum atomic E-state index is 12.7. The quantitative estimate of drug-likeness (QED) is 0.803. The third kappa shape index (κ3) is 4.34. The standard InChI is InChI=1S/C22H29N5O2/c1-26(2)20-11-21(25-14-24-20)27-13-19(28)10-18(27)12-23-22(29)17-8-7-15-5-3-4-6-16(15)9-17/h7-9,11,14,18-19,28H,3-6,10,12-13H2,1-2H3,(H,23,29)/t18-,19-/m1/s1. The molecule has 29 heavy (non-hydrogen) atoms. The molecule has 1 fully saturated rings. The molecule has 0 bridgehead atoms. The third-order valence-corrected chi connectivity index (χ3v) is 5.89. The summed E-state index contributed by atoms with van der Waals surface area (Å²) in [7, 11) is 3.86. The second-order valence-electron chi connectivity index (χ2n) is 8.23. The van der Waals surface area contributed by atoms with E-state index < -0.39 is 6.10 Å². The van der Waals surface area contributed by atoms with Gasteiger partial charge in [-0.05, 0) is 55.4 Å². The predicted molar refractivity (Wildman–Crippen MR) is 114 cm³/mol. The fraction of sp³-hybridized carbons (Fsp3) is 0.500. The number of carbonyl (C=O) groups is 1. The summed E-state index contributed by atoms with van der Waals surface area (Å²) in [5, 5.41) is 13.3. The normalized spacial score (nSPS) is 21.0. The van der Waals surface area contributed by atoms with Crippen molar-refractivity contribution in [3.63, 3.8) is 0 Å². The average Bonchev–Trinajstić information content (AvgIpc) is 3.12. The minimum atomic E-state index is -0.432. The summed E-state index contributed by atoms with van der Waals surface area (Å²) in [5.74, 6) is 1.53. The van der Waals surface area contributed by atoms with Crippen molar-refractivity contribution in [2.75, 3.05) is 37.0 Å². The van der Waals surface area contributed by atoms with Crippen LogP contribution in [0.15, 0.2) is 30.6 Å². The number of aryl methyl sites for hydroxylation is 2. The summed E-state index contributed by atoms with van der Waals surface area (Å²) in [6.45, 7) is 0.970. The molecule has 1 aliphatic carbocycles. The van der Waals surface area contributed by atoms with E-state index in [1.807, 2.05) is 37.2 Å². The molecular formula is C22H29N5O2. The highest BCUT2D eigenvalue weighted by molar-refractivity contribution is 5.94. The Kier molecular flexibility index (Phi) is 5.67. The number of hydrogen-bond acceptors (Lipinski definition) is 6. The Balaban J connectivity index is 1.44. The maximum absolute atomic E-state index is 12.7. The number of nitrogens with zero attached hydrogens (tertiary/aromatic N) is 4. The maximum Gasteiger partial charge on any atom is 0.251 e. The van der Waals surface area contributed by atoms with Crippen molar-refractivity contribution in [1.82, 2.24) is 15.3 Å². The number of rotatable bonds is 5. The Labute approximate surface area is 171 Å². The van der Waals surface area contributed by atoms with Gasteiger partial charge in [0.2, 0.25) is 0 Å². The van der Waals surface area contributed by atoms with E-state index >= 15 is 0 Å². The lowest BCUT2D eigenvalue weighted by Crippen LogP contribution is -2.40. The molecule has 2 heterocycles. The summed E-state index contributed by atoms with van der Waals surface area (Å²) in [4.78, 5) is 25.4. The Bertz CT molecular complexity index is 885. The van der Waals surface area contributed by atoms with Gasteiger partial charge in [0.1, 0.15) is 18.0 Å². The minimum absolute atomic E-state index is 0.00325. The molecule has 154 valence electrons. The second-order valence-corrected chi connectivity index (χ2v) is 8.23. The number of hydrogen-bond donors (Lipinski definition) is 2. The summed E-state index contributed by atoms with van der Waals surface area (Å²) in [6, 6.07) is 7.97. The van der Waals surface area contributed by atoms with E-state index in [1.165, 1.54) is 30.3 Å². The van der Waals surface area contributed by atoms with Crippen LogP contribution < -0.4 is 15.1 Å². The summed E-state index contributed by atoms with van der Waals surface area (Å²) < 4.78 is 0. The van der Waals surface area contributed by atoms with Gasteiger partial charge in [-0.15, -0.1) is 0 Å². The van der Waals surface area contributed by atoms with E-state index in [4.69, 9.17) is 0 Å². The number of benzene rings is 1. The van der Waals surface area contributed by atoms with Gasteiger partial charge in [0.05, 0.1) is 12.1 Å². The fourth-order valence-electron chi connectivity index (χ4n) is 4.29. The SMILES string of the molecule is CN(C)c1cc(N2C[C@H](O)C[C@@H]2CNC(=O)c2ccc3c(c2)CCCC3)ncn1. The van der Waals surface area contributed by atoms with Crippen LogP contribution in [-0.4, -0.2) is 60.3 Å². The smallest absolute Gasteiger partial charge is 0.251 e. The number of β-amino-alcohol motifs (C(OH)–C–C–N with tert-alkyl or cyclic N) is 1. The predicted octanol–water partition coefficient (Wildman–Crippen LogP) is 1.79. The van der Waals surface area contributed by atoms with Crippen LogP contribution in [0.4, 0.5) is 11.6 Å². The van der Waals surface area contributed by atoms with Crippen molar-refractivity contribution in [2.24, 2.45) is 0 Å². The molecule has 0 spiro atoms. The first-order valence-electron chi connectivity index (χ1n) is 10.4. The Morgan fingerprint density at radius 3 is 2.79 bits per heavy atom. The van der Waals surface area contributed by atoms with Crippen molar-refractivity contribution >= 4 is 17.5 Å². The number of nitrogens with one attached hydrogen (secondary N) is 1. The van der Waals surface area contributed by atoms with Gasteiger partial charge >= 0.3 is 0 Å². The van der Waals surface area contributed by atoms with Gasteiger partial charge in [-0.25, -0.2) is 9.97 Å². The van der Waals surface area contributed by atoms with Gasteiger partial charge in [0.25, 0.3) is 5.91 Å². The lowest BCUT2D eigenvalue weighted by molar-refractivity contribution is 0.0949. The van der Waals surface area contributed by atoms with Crippen LogP contribution >= 0.6 is 0 Å². The number of anilines is 2. The molecule has 1 aromatic carbocycles. The molecule has 1 aromatic heterocycles. The van der Waals surface area contributed by atoms with E-state index in [2.05, 4.69) is 26.3 Å². The first-order valence-corrected chi connectivity index (χ1v) is 10.4. The van der Waals surface area contributed by atoms with Crippen LogP contribution in [0.1, 0.15) is 40.7 Å². The Hall–Kier alpha value is -2.67. The van der Waals surface area contributed by atoms with Crippen LogP contribution in [0.3, 0.4) is 0 Å². The molecule has 0 unspecified atom stereocenters. The Morgan fingerprint density at radius 2 is 2.00 bits per heavy atom. The number of carbonyl (C=O) groups excluding carboxylic acids is 1. The van der Waals surface area contributed by atoms with E-state index in [1.54, 1.807) is 0 Å². The molecule has 7 nitrogen and oxygen atoms in total. The summed E-state index contributed by atoms with van der Waals surface area (Å²) in [5.41, 5.74) is 3.39. The average molecular weight is 396 g/mol. The number of aliphatic hydroxyl groups is 1. The van der Waals surface area contributed by atoms with Gasteiger partial charge < -0.3 is 20.2 Å². The van der Waals surface area contributed by atoms with Crippen LogP contribution in [0.2, 0.25) is 0 Å². The van der Waals surface area contributed by atoms with Crippen LogP contribution in [0.5, 0.6) is 0 Å². The number of aliphatic hydroxyl groups excluding tert-OH is 1. The van der Waals surface area contributed by atoms with Crippen molar-refractivity contribution in [1.29, 1.82) is 0 Å².